The molecule has 9 aromatic carbocycles. The van der Waals surface area contributed by atoms with Crippen molar-refractivity contribution in [2.75, 3.05) is 0 Å². The highest BCUT2D eigenvalue weighted by Crippen LogP contribution is 2.50. The fraction of sp³-hybridized carbons (Fsp3) is 0. The molecule has 252 valence electrons. The molecule has 0 N–H and O–H groups in total. The molecule has 0 aliphatic heterocycles. The summed E-state index contributed by atoms with van der Waals surface area (Å²) in [4.78, 5) is 0. The molecule has 0 fully saturated rings. The second-order valence-electron chi connectivity index (χ2n) is 14.1. The SMILES string of the molecule is c1ccc(-c2ccc3sc4c5cc(-c6ccccc6)c6c7cc(-c8ccccc8)ccc7n(-c7ccccc7)c6c5cc(-c5ccccc5)c4c3c2)cc1. The fourth-order valence-electron chi connectivity index (χ4n) is 8.50. The van der Waals surface area contributed by atoms with Crippen molar-refractivity contribution in [2.24, 2.45) is 0 Å². The van der Waals surface area contributed by atoms with Gasteiger partial charge in [-0.25, -0.2) is 0 Å². The van der Waals surface area contributed by atoms with Gasteiger partial charge in [-0.15, -0.1) is 11.3 Å². The van der Waals surface area contributed by atoms with Gasteiger partial charge in [-0.2, -0.15) is 0 Å². The summed E-state index contributed by atoms with van der Waals surface area (Å²) in [6, 6.07) is 73.3. The van der Waals surface area contributed by atoms with E-state index in [1.54, 1.807) is 0 Å². The zero-order chi connectivity index (χ0) is 35.6. The zero-order valence-electron chi connectivity index (χ0n) is 29.4. The van der Waals surface area contributed by atoms with Crippen molar-refractivity contribution in [1.82, 2.24) is 4.57 Å². The van der Waals surface area contributed by atoms with Gasteiger partial charge in [0.15, 0.2) is 0 Å². The van der Waals surface area contributed by atoms with E-state index in [0.29, 0.717) is 0 Å². The first kappa shape index (κ1) is 30.8. The van der Waals surface area contributed by atoms with E-state index in [1.807, 2.05) is 11.3 Å². The number of hydrogen-bond donors (Lipinski definition) is 0. The molecule has 0 saturated carbocycles. The molecule has 0 unspecified atom stereocenters. The van der Waals surface area contributed by atoms with Gasteiger partial charge in [0, 0.05) is 47.4 Å². The number of aromatic nitrogens is 1. The Morgan fingerprint density at radius 1 is 0.333 bits per heavy atom. The molecule has 0 aliphatic rings. The van der Waals surface area contributed by atoms with E-state index in [1.165, 1.54) is 97.3 Å². The molecule has 0 saturated heterocycles. The molecule has 0 atom stereocenters. The van der Waals surface area contributed by atoms with Gasteiger partial charge in [0.2, 0.25) is 0 Å². The second kappa shape index (κ2) is 12.4. The van der Waals surface area contributed by atoms with Crippen LogP contribution < -0.4 is 0 Å². The Labute approximate surface area is 317 Å². The van der Waals surface area contributed by atoms with Crippen molar-refractivity contribution in [1.29, 1.82) is 0 Å². The van der Waals surface area contributed by atoms with E-state index in [4.69, 9.17) is 0 Å². The first-order chi connectivity index (χ1) is 26.8. The van der Waals surface area contributed by atoms with Crippen LogP contribution in [-0.2, 0) is 0 Å². The van der Waals surface area contributed by atoms with Gasteiger partial charge in [-0.3, -0.25) is 0 Å². The maximum absolute atomic E-state index is 2.51. The van der Waals surface area contributed by atoms with Gasteiger partial charge in [0.1, 0.15) is 0 Å². The van der Waals surface area contributed by atoms with Crippen molar-refractivity contribution in [3.05, 3.63) is 200 Å². The molecule has 0 aliphatic carbocycles. The van der Waals surface area contributed by atoms with E-state index in [2.05, 4.69) is 205 Å². The Morgan fingerprint density at radius 3 is 1.41 bits per heavy atom. The van der Waals surface area contributed by atoms with Crippen LogP contribution in [0.3, 0.4) is 0 Å². The lowest BCUT2D eigenvalue weighted by Crippen LogP contribution is -1.95. The van der Waals surface area contributed by atoms with Gasteiger partial charge in [-0.1, -0.05) is 152 Å². The van der Waals surface area contributed by atoms with Gasteiger partial charge in [-0.05, 0) is 93.0 Å². The van der Waals surface area contributed by atoms with Gasteiger partial charge < -0.3 is 4.57 Å². The maximum Gasteiger partial charge on any atom is 0.0626 e. The minimum Gasteiger partial charge on any atom is -0.309 e. The summed E-state index contributed by atoms with van der Waals surface area (Å²) in [7, 11) is 0. The summed E-state index contributed by atoms with van der Waals surface area (Å²) in [6.45, 7) is 0. The number of fused-ring (bicyclic) bond motifs is 9. The topological polar surface area (TPSA) is 4.93 Å². The minimum atomic E-state index is 1.15. The Bertz CT molecular complexity index is 3160. The molecule has 11 rings (SSSR count). The monoisotopic (exact) mass is 703 g/mol. The van der Waals surface area contributed by atoms with Crippen molar-refractivity contribution in [3.63, 3.8) is 0 Å². The third kappa shape index (κ3) is 4.85. The number of hydrogen-bond acceptors (Lipinski definition) is 1. The molecular formula is C52H33NS. The molecule has 0 radical (unpaired) electrons. The van der Waals surface area contributed by atoms with E-state index in [0.717, 1.165) is 5.69 Å². The Morgan fingerprint density at radius 2 is 0.815 bits per heavy atom. The third-order valence-electron chi connectivity index (χ3n) is 11.0. The highest BCUT2D eigenvalue weighted by Gasteiger charge is 2.24. The number of thiophene rings is 1. The molecule has 0 spiro atoms. The van der Waals surface area contributed by atoms with Crippen LogP contribution in [0.25, 0.3) is 103 Å². The van der Waals surface area contributed by atoms with Crippen molar-refractivity contribution in [3.8, 4) is 50.2 Å². The number of benzene rings is 9. The molecule has 54 heavy (non-hydrogen) atoms. The summed E-state index contributed by atoms with van der Waals surface area (Å²) in [5.41, 5.74) is 13.4. The molecule has 0 amide bonds. The van der Waals surface area contributed by atoms with E-state index < -0.39 is 0 Å². The van der Waals surface area contributed by atoms with Crippen molar-refractivity contribution in [2.45, 2.75) is 0 Å². The van der Waals surface area contributed by atoms with Gasteiger partial charge in [0.05, 0.1) is 11.0 Å². The first-order valence-electron chi connectivity index (χ1n) is 18.5. The average molecular weight is 704 g/mol. The summed E-state index contributed by atoms with van der Waals surface area (Å²) in [5.74, 6) is 0. The van der Waals surface area contributed by atoms with Gasteiger partial charge in [0.25, 0.3) is 0 Å². The highest BCUT2D eigenvalue weighted by atomic mass is 32.1. The van der Waals surface area contributed by atoms with Crippen LogP contribution in [0.15, 0.2) is 200 Å². The molecule has 2 heterocycles. The van der Waals surface area contributed by atoms with Crippen LogP contribution in [0, 0.1) is 0 Å². The standard InChI is InChI=1S/C52H33NS/c1-6-16-34(17-7-1)38-26-28-47-45(30-38)49-41(36-20-10-3-11-21-36)33-44-43(51(49)53(47)40-24-14-5-15-25-40)32-42(37-22-12-4-13-23-37)50-46-31-39(35-18-8-2-9-19-35)27-29-48(46)54-52(44)50/h1-33H. The first-order valence-corrected chi connectivity index (χ1v) is 19.3. The summed E-state index contributed by atoms with van der Waals surface area (Å²) < 4.78 is 5.13. The quantitative estimate of drug-likeness (QED) is 0.168. The zero-order valence-corrected chi connectivity index (χ0v) is 30.2. The predicted octanol–water partition coefficient (Wildman–Crippen LogP) is 15.0. The van der Waals surface area contributed by atoms with Crippen molar-refractivity contribution >= 4 is 64.1 Å². The molecular weight excluding hydrogens is 671 g/mol. The minimum absolute atomic E-state index is 1.15. The molecule has 2 heteroatoms. The van der Waals surface area contributed by atoms with E-state index >= 15 is 0 Å². The number of nitrogens with zero attached hydrogens (tertiary/aromatic N) is 1. The predicted molar refractivity (Wildman–Crippen MR) is 233 cm³/mol. The van der Waals surface area contributed by atoms with Crippen LogP contribution in [0.1, 0.15) is 0 Å². The normalized spacial score (nSPS) is 11.7. The Balaban J connectivity index is 1.36. The van der Waals surface area contributed by atoms with Crippen LogP contribution in [0.5, 0.6) is 0 Å². The highest BCUT2D eigenvalue weighted by molar-refractivity contribution is 7.26. The third-order valence-corrected chi connectivity index (χ3v) is 12.2. The fourth-order valence-corrected chi connectivity index (χ4v) is 9.73. The smallest absolute Gasteiger partial charge is 0.0626 e. The largest absolute Gasteiger partial charge is 0.309 e. The molecule has 1 nitrogen and oxygen atoms in total. The molecule has 11 aromatic rings. The summed E-state index contributed by atoms with van der Waals surface area (Å²) in [5, 5.41) is 7.68. The van der Waals surface area contributed by atoms with Crippen LogP contribution in [0.4, 0.5) is 0 Å². The second-order valence-corrected chi connectivity index (χ2v) is 15.1. The van der Waals surface area contributed by atoms with E-state index in [9.17, 15) is 0 Å². The van der Waals surface area contributed by atoms with Crippen LogP contribution in [0.2, 0.25) is 0 Å². The lowest BCUT2D eigenvalue weighted by Gasteiger charge is -2.15. The van der Waals surface area contributed by atoms with Gasteiger partial charge >= 0.3 is 0 Å². The molecule has 2 aromatic heterocycles. The maximum atomic E-state index is 2.51. The van der Waals surface area contributed by atoms with Crippen LogP contribution in [-0.4, -0.2) is 4.57 Å². The lowest BCUT2D eigenvalue weighted by atomic mass is 9.90. The summed E-state index contributed by atoms with van der Waals surface area (Å²) in [6.07, 6.45) is 0. The van der Waals surface area contributed by atoms with Crippen molar-refractivity contribution < 1.29 is 0 Å². The lowest BCUT2D eigenvalue weighted by molar-refractivity contribution is 1.19. The number of rotatable bonds is 5. The Hall–Kier alpha value is -6.74. The number of para-hydroxylation sites is 1. The van der Waals surface area contributed by atoms with Crippen LogP contribution >= 0.6 is 11.3 Å². The Kier molecular flexibility index (Phi) is 7.11. The van der Waals surface area contributed by atoms with E-state index in [-0.39, 0.29) is 0 Å². The average Bonchev–Trinajstić information content (AvgIpc) is 3.81. The molecule has 0 bridgehead atoms. The summed E-state index contributed by atoms with van der Waals surface area (Å²) >= 11 is 1.92.